The van der Waals surface area contributed by atoms with Gasteiger partial charge < -0.3 is 19.9 Å². The number of unbranched alkanes of at least 4 members (excludes halogenated alkanes) is 3. The second-order valence-corrected chi connectivity index (χ2v) is 6.49. The number of urea groups is 1. The first-order chi connectivity index (χ1) is 11.2. The van der Waals surface area contributed by atoms with Crippen molar-refractivity contribution < 1.29 is 14.3 Å². The van der Waals surface area contributed by atoms with Crippen molar-refractivity contribution in [3.05, 3.63) is 0 Å². The molecule has 0 spiro atoms. The Hall–Kier alpha value is -1.30. The van der Waals surface area contributed by atoms with Crippen LogP contribution >= 0.6 is 0 Å². The number of hydrogen-bond acceptors (Lipinski definition) is 3. The van der Waals surface area contributed by atoms with E-state index in [1.807, 2.05) is 9.80 Å². The minimum atomic E-state index is 0.0266. The van der Waals surface area contributed by atoms with Crippen LogP contribution in [0.1, 0.15) is 45.4 Å². The van der Waals surface area contributed by atoms with Crippen LogP contribution in [0.3, 0.4) is 0 Å². The van der Waals surface area contributed by atoms with Crippen molar-refractivity contribution in [2.24, 2.45) is 5.92 Å². The molecule has 0 aliphatic carbocycles. The van der Waals surface area contributed by atoms with E-state index in [2.05, 4.69) is 12.2 Å². The second-order valence-electron chi connectivity index (χ2n) is 6.49. The Balaban J connectivity index is 1.64. The van der Waals surface area contributed by atoms with Crippen LogP contribution in [0.25, 0.3) is 0 Å². The summed E-state index contributed by atoms with van der Waals surface area (Å²) in [4.78, 5) is 28.3. The van der Waals surface area contributed by atoms with Gasteiger partial charge in [-0.15, -0.1) is 0 Å². The van der Waals surface area contributed by atoms with Crippen molar-refractivity contribution in [2.45, 2.75) is 45.4 Å². The molecule has 2 saturated heterocycles. The molecule has 2 aliphatic heterocycles. The van der Waals surface area contributed by atoms with Gasteiger partial charge in [0, 0.05) is 38.6 Å². The van der Waals surface area contributed by atoms with E-state index >= 15 is 0 Å². The number of ether oxygens (including phenoxy) is 1. The number of carbonyl (C=O) groups excluding carboxylic acids is 2. The molecule has 1 N–H and O–H groups in total. The molecule has 0 aromatic carbocycles. The second kappa shape index (κ2) is 9.75. The molecular weight excluding hydrogens is 294 g/mol. The van der Waals surface area contributed by atoms with Crippen molar-refractivity contribution >= 4 is 11.9 Å². The summed E-state index contributed by atoms with van der Waals surface area (Å²) < 4.78 is 5.29. The lowest BCUT2D eigenvalue weighted by Gasteiger charge is -2.35. The number of nitrogens with one attached hydrogen (secondary N) is 1. The monoisotopic (exact) mass is 325 g/mol. The SMILES string of the molecule is CCCCCCNC(=O)N1CCC(C(=O)N2CCOCC2)CC1. The van der Waals surface area contributed by atoms with Gasteiger partial charge in [-0.3, -0.25) is 4.79 Å². The van der Waals surface area contributed by atoms with Gasteiger partial charge in [-0.25, -0.2) is 4.79 Å². The van der Waals surface area contributed by atoms with E-state index in [1.54, 1.807) is 0 Å². The van der Waals surface area contributed by atoms with Gasteiger partial charge >= 0.3 is 6.03 Å². The fourth-order valence-corrected chi connectivity index (χ4v) is 3.23. The first kappa shape index (κ1) is 18.0. The molecule has 2 heterocycles. The average Bonchev–Trinajstić information content (AvgIpc) is 2.61. The van der Waals surface area contributed by atoms with Crippen LogP contribution in [0.2, 0.25) is 0 Å². The summed E-state index contributed by atoms with van der Waals surface area (Å²) in [5.74, 6) is 0.314. The Labute approximate surface area is 139 Å². The number of likely N-dealkylation sites (tertiary alicyclic amines) is 1. The van der Waals surface area contributed by atoms with Crippen molar-refractivity contribution in [1.82, 2.24) is 15.1 Å². The third-order valence-corrected chi connectivity index (χ3v) is 4.76. The number of nitrogens with zero attached hydrogens (tertiary/aromatic N) is 2. The van der Waals surface area contributed by atoms with E-state index in [4.69, 9.17) is 4.74 Å². The molecule has 6 heteroatoms. The molecule has 0 saturated carbocycles. The van der Waals surface area contributed by atoms with Crippen molar-refractivity contribution in [3.8, 4) is 0 Å². The molecule has 0 radical (unpaired) electrons. The van der Waals surface area contributed by atoms with Crippen LogP contribution in [0, 0.1) is 5.92 Å². The zero-order chi connectivity index (χ0) is 16.5. The standard InChI is InChI=1S/C17H31N3O3/c1-2-3-4-5-8-18-17(22)20-9-6-15(7-10-20)16(21)19-11-13-23-14-12-19/h15H,2-14H2,1H3,(H,18,22). The number of morpholine rings is 1. The lowest BCUT2D eigenvalue weighted by atomic mass is 9.95. The minimum absolute atomic E-state index is 0.0266. The van der Waals surface area contributed by atoms with E-state index in [0.717, 1.165) is 25.8 Å². The topological polar surface area (TPSA) is 61.9 Å². The lowest BCUT2D eigenvalue weighted by molar-refractivity contribution is -0.141. The van der Waals surface area contributed by atoms with Crippen molar-refractivity contribution in [3.63, 3.8) is 0 Å². The first-order valence-corrected chi connectivity index (χ1v) is 9.11. The zero-order valence-electron chi connectivity index (χ0n) is 14.4. The highest BCUT2D eigenvalue weighted by Crippen LogP contribution is 2.20. The molecule has 2 aliphatic rings. The summed E-state index contributed by atoms with van der Waals surface area (Å²) in [6.45, 7) is 7.00. The summed E-state index contributed by atoms with van der Waals surface area (Å²) in [5, 5.41) is 2.99. The highest BCUT2D eigenvalue weighted by molar-refractivity contribution is 5.80. The molecule has 2 fully saturated rings. The molecule has 3 amide bonds. The average molecular weight is 325 g/mol. The maximum atomic E-state index is 12.5. The van der Waals surface area contributed by atoms with Gasteiger partial charge in [-0.1, -0.05) is 26.2 Å². The van der Waals surface area contributed by atoms with Gasteiger partial charge in [-0.2, -0.15) is 0 Å². The van der Waals surface area contributed by atoms with E-state index in [1.165, 1.54) is 19.3 Å². The van der Waals surface area contributed by atoms with Gasteiger partial charge in [0.2, 0.25) is 5.91 Å². The molecule has 0 atom stereocenters. The molecule has 132 valence electrons. The Bertz CT molecular complexity index is 375. The molecular formula is C17H31N3O3. The number of piperidine rings is 1. The third kappa shape index (κ3) is 5.68. The molecule has 23 heavy (non-hydrogen) atoms. The van der Waals surface area contributed by atoms with Crippen LogP contribution < -0.4 is 5.32 Å². The van der Waals surface area contributed by atoms with E-state index in [0.29, 0.717) is 39.4 Å². The Morgan fingerprint density at radius 1 is 1.00 bits per heavy atom. The molecule has 0 aromatic rings. The number of rotatable bonds is 6. The molecule has 6 nitrogen and oxygen atoms in total. The molecule has 0 unspecified atom stereocenters. The fourth-order valence-electron chi connectivity index (χ4n) is 3.23. The Morgan fingerprint density at radius 2 is 1.70 bits per heavy atom. The summed E-state index contributed by atoms with van der Waals surface area (Å²) >= 11 is 0. The predicted molar refractivity (Wildman–Crippen MR) is 89.2 cm³/mol. The van der Waals surface area contributed by atoms with Gasteiger partial charge in [0.25, 0.3) is 0 Å². The zero-order valence-corrected chi connectivity index (χ0v) is 14.4. The Kier molecular flexibility index (Phi) is 7.65. The van der Waals surface area contributed by atoms with Gasteiger partial charge in [0.05, 0.1) is 13.2 Å². The smallest absolute Gasteiger partial charge is 0.317 e. The molecule has 0 aromatic heterocycles. The van der Waals surface area contributed by atoms with Crippen molar-refractivity contribution in [1.29, 1.82) is 0 Å². The fraction of sp³-hybridized carbons (Fsp3) is 0.882. The van der Waals surface area contributed by atoms with Crippen LogP contribution in [0.4, 0.5) is 4.79 Å². The largest absolute Gasteiger partial charge is 0.378 e. The van der Waals surface area contributed by atoms with Crippen LogP contribution in [0.5, 0.6) is 0 Å². The molecule has 2 rings (SSSR count). The summed E-state index contributed by atoms with van der Waals surface area (Å²) in [6, 6.07) is 0.0266. The number of hydrogen-bond donors (Lipinski definition) is 1. The van der Waals surface area contributed by atoms with Crippen LogP contribution in [0.15, 0.2) is 0 Å². The lowest BCUT2D eigenvalue weighted by Crippen LogP contribution is -2.49. The van der Waals surface area contributed by atoms with Crippen LogP contribution in [-0.4, -0.2) is 67.7 Å². The van der Waals surface area contributed by atoms with Gasteiger partial charge in [0.1, 0.15) is 0 Å². The maximum Gasteiger partial charge on any atom is 0.317 e. The predicted octanol–water partition coefficient (Wildman–Crippen LogP) is 1.85. The first-order valence-electron chi connectivity index (χ1n) is 9.11. The summed E-state index contributed by atoms with van der Waals surface area (Å²) in [7, 11) is 0. The third-order valence-electron chi connectivity index (χ3n) is 4.76. The highest BCUT2D eigenvalue weighted by Gasteiger charge is 2.30. The minimum Gasteiger partial charge on any atom is -0.378 e. The van der Waals surface area contributed by atoms with E-state index in [9.17, 15) is 9.59 Å². The van der Waals surface area contributed by atoms with Crippen LogP contribution in [-0.2, 0) is 9.53 Å². The number of amides is 3. The highest BCUT2D eigenvalue weighted by atomic mass is 16.5. The maximum absolute atomic E-state index is 12.5. The quantitative estimate of drug-likeness (QED) is 0.758. The number of carbonyl (C=O) groups is 2. The van der Waals surface area contributed by atoms with Gasteiger partial charge in [-0.05, 0) is 19.3 Å². The van der Waals surface area contributed by atoms with E-state index in [-0.39, 0.29) is 17.9 Å². The Morgan fingerprint density at radius 3 is 2.35 bits per heavy atom. The summed E-state index contributed by atoms with van der Waals surface area (Å²) in [6.07, 6.45) is 6.21. The molecule has 0 bridgehead atoms. The van der Waals surface area contributed by atoms with Gasteiger partial charge in [0.15, 0.2) is 0 Å². The normalized spacial score (nSPS) is 19.7. The summed E-state index contributed by atoms with van der Waals surface area (Å²) in [5.41, 5.74) is 0. The van der Waals surface area contributed by atoms with Crippen molar-refractivity contribution in [2.75, 3.05) is 45.9 Å². The van der Waals surface area contributed by atoms with E-state index < -0.39 is 0 Å².